The molecule has 0 bridgehead atoms. The first-order valence-corrected chi connectivity index (χ1v) is 4.76. The zero-order valence-corrected chi connectivity index (χ0v) is 8.91. The van der Waals surface area contributed by atoms with Crippen LogP contribution in [0.4, 0.5) is 0 Å². The smallest absolute Gasteiger partial charge is 0.358 e. The van der Waals surface area contributed by atoms with Crippen molar-refractivity contribution >= 4 is 17.6 Å². The monoisotopic (exact) mass is 213 g/mol. The number of carbonyl (C=O) groups is 1. The Bertz CT molecular complexity index is 326. The Balaban J connectivity index is 2.65. The molecule has 0 saturated carbocycles. The number of esters is 1. The zero-order valence-electron chi connectivity index (χ0n) is 8.16. The summed E-state index contributed by atoms with van der Waals surface area (Å²) in [7, 11) is 0. The standard InChI is InChI=1S/C10H12ClNO2/c1-7(2)6-14-10(13)9-8(11)4-3-5-12-9/h3-5,7H,6H2,1-2H3. The number of ether oxygens (including phenoxy) is 1. The average Bonchev–Trinajstić information content (AvgIpc) is 2.15. The highest BCUT2D eigenvalue weighted by molar-refractivity contribution is 6.33. The van der Waals surface area contributed by atoms with E-state index in [0.29, 0.717) is 17.5 Å². The number of hydrogen-bond acceptors (Lipinski definition) is 3. The molecule has 0 aliphatic carbocycles. The molecular formula is C10H12ClNO2. The molecule has 76 valence electrons. The third-order valence-electron chi connectivity index (χ3n) is 1.50. The first-order chi connectivity index (χ1) is 6.61. The maximum Gasteiger partial charge on any atom is 0.358 e. The lowest BCUT2D eigenvalue weighted by Gasteiger charge is -2.06. The Morgan fingerprint density at radius 2 is 2.36 bits per heavy atom. The molecule has 1 heterocycles. The molecule has 0 unspecified atom stereocenters. The summed E-state index contributed by atoms with van der Waals surface area (Å²) in [6.45, 7) is 4.31. The number of nitrogens with zero attached hydrogens (tertiary/aromatic N) is 1. The van der Waals surface area contributed by atoms with Gasteiger partial charge >= 0.3 is 5.97 Å². The van der Waals surface area contributed by atoms with Gasteiger partial charge in [0.25, 0.3) is 0 Å². The van der Waals surface area contributed by atoms with E-state index in [2.05, 4.69) is 4.98 Å². The summed E-state index contributed by atoms with van der Waals surface area (Å²) in [6, 6.07) is 3.28. The summed E-state index contributed by atoms with van der Waals surface area (Å²) < 4.78 is 4.98. The number of pyridine rings is 1. The maximum absolute atomic E-state index is 11.4. The Morgan fingerprint density at radius 3 is 2.93 bits per heavy atom. The lowest BCUT2D eigenvalue weighted by molar-refractivity contribution is 0.0452. The van der Waals surface area contributed by atoms with Gasteiger partial charge in [-0.15, -0.1) is 0 Å². The summed E-state index contributed by atoms with van der Waals surface area (Å²) in [5, 5.41) is 0.321. The van der Waals surface area contributed by atoms with Crippen LogP contribution in [0.1, 0.15) is 24.3 Å². The molecule has 0 atom stereocenters. The minimum atomic E-state index is -0.468. The van der Waals surface area contributed by atoms with Crippen LogP contribution in [-0.2, 0) is 4.74 Å². The maximum atomic E-state index is 11.4. The molecule has 0 fully saturated rings. The van der Waals surface area contributed by atoms with Crippen LogP contribution in [-0.4, -0.2) is 17.6 Å². The molecule has 3 nitrogen and oxygen atoms in total. The summed E-state index contributed by atoms with van der Waals surface area (Å²) >= 11 is 5.77. The summed E-state index contributed by atoms with van der Waals surface area (Å²) in [5.74, 6) is -0.161. The molecule has 0 saturated heterocycles. The van der Waals surface area contributed by atoms with Gasteiger partial charge in [0.2, 0.25) is 0 Å². The molecule has 0 amide bonds. The lowest BCUT2D eigenvalue weighted by atomic mass is 10.2. The highest BCUT2D eigenvalue weighted by atomic mass is 35.5. The van der Waals surface area contributed by atoms with Crippen molar-refractivity contribution in [2.45, 2.75) is 13.8 Å². The van der Waals surface area contributed by atoms with E-state index >= 15 is 0 Å². The molecule has 0 aliphatic heterocycles. The van der Waals surface area contributed by atoms with Crippen molar-refractivity contribution in [3.8, 4) is 0 Å². The molecular weight excluding hydrogens is 202 g/mol. The number of hydrogen-bond donors (Lipinski definition) is 0. The second kappa shape index (κ2) is 4.96. The molecule has 1 aromatic rings. The Morgan fingerprint density at radius 1 is 1.64 bits per heavy atom. The first-order valence-electron chi connectivity index (χ1n) is 4.39. The van der Waals surface area contributed by atoms with Crippen molar-refractivity contribution in [3.63, 3.8) is 0 Å². The number of halogens is 1. The number of aromatic nitrogens is 1. The van der Waals surface area contributed by atoms with Gasteiger partial charge in [0, 0.05) is 6.20 Å². The Kier molecular flexibility index (Phi) is 3.89. The van der Waals surface area contributed by atoms with E-state index in [1.165, 1.54) is 6.20 Å². The third-order valence-corrected chi connectivity index (χ3v) is 1.80. The minimum Gasteiger partial charge on any atom is -0.461 e. The third kappa shape index (κ3) is 3.00. The van der Waals surface area contributed by atoms with Crippen molar-refractivity contribution < 1.29 is 9.53 Å². The SMILES string of the molecule is CC(C)COC(=O)c1ncccc1Cl. The van der Waals surface area contributed by atoms with Crippen molar-refractivity contribution in [3.05, 3.63) is 29.0 Å². The van der Waals surface area contributed by atoms with Crippen LogP contribution in [0, 0.1) is 5.92 Å². The number of rotatable bonds is 3. The fourth-order valence-corrected chi connectivity index (χ4v) is 1.05. The van der Waals surface area contributed by atoms with Crippen molar-refractivity contribution in [2.24, 2.45) is 5.92 Å². The summed E-state index contributed by atoms with van der Waals surface area (Å²) in [4.78, 5) is 15.3. The highest BCUT2D eigenvalue weighted by Crippen LogP contribution is 2.13. The van der Waals surface area contributed by atoms with Crippen LogP contribution in [0.3, 0.4) is 0 Å². The Labute approximate surface area is 88.1 Å². The molecule has 0 aromatic carbocycles. The predicted molar refractivity (Wildman–Crippen MR) is 54.4 cm³/mol. The molecule has 0 N–H and O–H groups in total. The van der Waals surface area contributed by atoms with Gasteiger partial charge in [0.05, 0.1) is 11.6 Å². The number of carbonyl (C=O) groups excluding carboxylic acids is 1. The summed E-state index contributed by atoms with van der Waals surface area (Å²) in [5.41, 5.74) is 0.176. The van der Waals surface area contributed by atoms with Gasteiger partial charge in [0.15, 0.2) is 5.69 Å². The van der Waals surface area contributed by atoms with Gasteiger partial charge in [-0.05, 0) is 18.1 Å². The molecule has 1 rings (SSSR count). The first kappa shape index (κ1) is 11.0. The van der Waals surface area contributed by atoms with E-state index in [1.807, 2.05) is 13.8 Å². The average molecular weight is 214 g/mol. The predicted octanol–water partition coefficient (Wildman–Crippen LogP) is 2.55. The second-order valence-corrected chi connectivity index (χ2v) is 3.73. The van der Waals surface area contributed by atoms with Gasteiger partial charge in [-0.25, -0.2) is 9.78 Å². The van der Waals surface area contributed by atoms with E-state index in [9.17, 15) is 4.79 Å². The van der Waals surface area contributed by atoms with Crippen molar-refractivity contribution in [1.82, 2.24) is 4.98 Å². The second-order valence-electron chi connectivity index (χ2n) is 3.33. The van der Waals surface area contributed by atoms with Crippen LogP contribution in [0.25, 0.3) is 0 Å². The van der Waals surface area contributed by atoms with E-state index in [4.69, 9.17) is 16.3 Å². The topological polar surface area (TPSA) is 39.2 Å². The summed E-state index contributed by atoms with van der Waals surface area (Å²) in [6.07, 6.45) is 1.51. The van der Waals surface area contributed by atoms with Crippen LogP contribution in [0.5, 0.6) is 0 Å². The molecule has 4 heteroatoms. The van der Waals surface area contributed by atoms with Gasteiger partial charge in [-0.3, -0.25) is 0 Å². The lowest BCUT2D eigenvalue weighted by Crippen LogP contribution is -2.11. The van der Waals surface area contributed by atoms with Gasteiger partial charge < -0.3 is 4.74 Å². The van der Waals surface area contributed by atoms with Crippen LogP contribution >= 0.6 is 11.6 Å². The molecule has 0 spiro atoms. The largest absolute Gasteiger partial charge is 0.461 e. The Hall–Kier alpha value is -1.09. The quantitative estimate of drug-likeness (QED) is 0.725. The minimum absolute atomic E-state index is 0.176. The van der Waals surface area contributed by atoms with E-state index in [-0.39, 0.29) is 5.69 Å². The fourth-order valence-electron chi connectivity index (χ4n) is 0.847. The molecule has 0 radical (unpaired) electrons. The highest BCUT2D eigenvalue weighted by Gasteiger charge is 2.12. The fraction of sp³-hybridized carbons (Fsp3) is 0.400. The van der Waals surface area contributed by atoms with Gasteiger partial charge in [-0.2, -0.15) is 0 Å². The van der Waals surface area contributed by atoms with E-state index in [1.54, 1.807) is 12.1 Å². The molecule has 1 aromatic heterocycles. The molecule has 14 heavy (non-hydrogen) atoms. The van der Waals surface area contributed by atoms with Crippen molar-refractivity contribution in [2.75, 3.05) is 6.61 Å². The van der Waals surface area contributed by atoms with Crippen LogP contribution in [0.2, 0.25) is 5.02 Å². The van der Waals surface area contributed by atoms with E-state index in [0.717, 1.165) is 0 Å². The van der Waals surface area contributed by atoms with Gasteiger partial charge in [-0.1, -0.05) is 25.4 Å². The van der Waals surface area contributed by atoms with Crippen molar-refractivity contribution in [1.29, 1.82) is 0 Å². The van der Waals surface area contributed by atoms with Crippen LogP contribution in [0.15, 0.2) is 18.3 Å². The normalized spacial score (nSPS) is 10.3. The van der Waals surface area contributed by atoms with Crippen LogP contribution < -0.4 is 0 Å². The van der Waals surface area contributed by atoms with Gasteiger partial charge in [0.1, 0.15) is 0 Å². The zero-order chi connectivity index (χ0) is 10.6. The molecule has 0 aliphatic rings. The van der Waals surface area contributed by atoms with E-state index < -0.39 is 5.97 Å².